The van der Waals surface area contributed by atoms with Crippen LogP contribution in [0.25, 0.3) is 0 Å². The number of benzene rings is 1. The number of anilines is 1. The highest BCUT2D eigenvalue weighted by Crippen LogP contribution is 2.39. The van der Waals surface area contributed by atoms with E-state index in [1.807, 2.05) is 0 Å². The topological polar surface area (TPSA) is 71.3 Å². The van der Waals surface area contributed by atoms with E-state index in [1.165, 1.54) is 0 Å². The normalized spacial score (nSPS) is 19.2. The van der Waals surface area contributed by atoms with Crippen LogP contribution in [-0.4, -0.2) is 11.8 Å². The van der Waals surface area contributed by atoms with Gasteiger partial charge >= 0.3 is 0 Å². The average Bonchev–Trinajstić information content (AvgIpc) is 3.17. The second-order valence-electron chi connectivity index (χ2n) is 5.36. The molecule has 0 saturated heterocycles. The summed E-state index contributed by atoms with van der Waals surface area (Å²) < 4.78 is 5.14. The summed E-state index contributed by atoms with van der Waals surface area (Å²) >= 11 is 11.7. The molecule has 3 rings (SSSR count). The van der Waals surface area contributed by atoms with Gasteiger partial charge in [-0.25, -0.2) is 0 Å². The zero-order valence-corrected chi connectivity index (χ0v) is 13.5. The predicted octanol–water partition coefficient (Wildman–Crippen LogP) is 3.48. The van der Waals surface area contributed by atoms with Crippen LogP contribution in [-0.2, 0) is 16.1 Å². The van der Waals surface area contributed by atoms with Gasteiger partial charge in [-0.05, 0) is 36.8 Å². The van der Waals surface area contributed by atoms with Crippen molar-refractivity contribution in [2.45, 2.75) is 13.0 Å². The van der Waals surface area contributed by atoms with Crippen molar-refractivity contribution in [1.29, 1.82) is 0 Å². The Morgan fingerprint density at radius 1 is 1.13 bits per heavy atom. The third-order valence-corrected chi connectivity index (χ3v) is 4.41. The summed E-state index contributed by atoms with van der Waals surface area (Å²) in [7, 11) is 0. The number of halogens is 2. The first-order chi connectivity index (χ1) is 11.0. The smallest absolute Gasteiger partial charge is 0.228 e. The Morgan fingerprint density at radius 2 is 1.91 bits per heavy atom. The summed E-state index contributed by atoms with van der Waals surface area (Å²) in [6.07, 6.45) is 2.09. The van der Waals surface area contributed by atoms with Gasteiger partial charge in [0.15, 0.2) is 0 Å². The summed E-state index contributed by atoms with van der Waals surface area (Å²) in [5, 5.41) is 6.30. The Hall–Kier alpha value is -1.98. The summed E-state index contributed by atoms with van der Waals surface area (Å²) in [5.41, 5.74) is 0.561. The maximum Gasteiger partial charge on any atom is 0.228 e. The average molecular weight is 353 g/mol. The van der Waals surface area contributed by atoms with Crippen molar-refractivity contribution in [3.63, 3.8) is 0 Å². The molecule has 1 saturated carbocycles. The first-order valence-corrected chi connectivity index (χ1v) is 7.86. The quantitative estimate of drug-likeness (QED) is 0.865. The fourth-order valence-corrected chi connectivity index (χ4v) is 2.60. The lowest BCUT2D eigenvalue weighted by molar-refractivity contribution is -0.125. The van der Waals surface area contributed by atoms with Crippen LogP contribution >= 0.6 is 23.2 Å². The van der Waals surface area contributed by atoms with Gasteiger partial charge in [0.05, 0.1) is 34.7 Å². The van der Waals surface area contributed by atoms with Gasteiger partial charge in [0.1, 0.15) is 5.76 Å². The maximum atomic E-state index is 12.1. The molecule has 120 valence electrons. The van der Waals surface area contributed by atoms with Crippen molar-refractivity contribution >= 4 is 40.7 Å². The van der Waals surface area contributed by atoms with Crippen molar-refractivity contribution in [3.05, 3.63) is 52.4 Å². The molecule has 1 aromatic heterocycles. The van der Waals surface area contributed by atoms with Gasteiger partial charge in [0.2, 0.25) is 11.8 Å². The Kier molecular flexibility index (Phi) is 4.59. The maximum absolute atomic E-state index is 12.1. The van der Waals surface area contributed by atoms with E-state index in [-0.39, 0.29) is 23.7 Å². The number of amides is 2. The van der Waals surface area contributed by atoms with Gasteiger partial charge in [0.25, 0.3) is 0 Å². The van der Waals surface area contributed by atoms with Crippen molar-refractivity contribution in [2.24, 2.45) is 11.8 Å². The van der Waals surface area contributed by atoms with E-state index in [0.29, 0.717) is 34.5 Å². The second kappa shape index (κ2) is 6.64. The Morgan fingerprint density at radius 3 is 2.61 bits per heavy atom. The van der Waals surface area contributed by atoms with Crippen LogP contribution in [0.15, 0.2) is 41.0 Å². The second-order valence-corrected chi connectivity index (χ2v) is 6.18. The molecule has 5 nitrogen and oxygen atoms in total. The van der Waals surface area contributed by atoms with E-state index in [9.17, 15) is 9.59 Å². The van der Waals surface area contributed by atoms with Crippen LogP contribution < -0.4 is 10.6 Å². The molecular formula is C16H14Cl2N2O3. The summed E-state index contributed by atoms with van der Waals surface area (Å²) in [6, 6.07) is 8.39. The number of hydrogen-bond acceptors (Lipinski definition) is 3. The molecule has 0 aliphatic heterocycles. The Bertz CT molecular complexity index is 731. The molecule has 23 heavy (non-hydrogen) atoms. The standard InChI is InChI=1S/C16H14Cl2N2O3/c17-13-4-3-9(6-14(13)18)20-16(22)12-7-11(12)15(21)19-8-10-2-1-5-23-10/h1-6,11-12H,7-8H2,(H,19,21)(H,20,22). The van der Waals surface area contributed by atoms with Gasteiger partial charge in [-0.1, -0.05) is 23.2 Å². The van der Waals surface area contributed by atoms with Gasteiger partial charge in [0, 0.05) is 5.69 Å². The van der Waals surface area contributed by atoms with E-state index in [4.69, 9.17) is 27.6 Å². The van der Waals surface area contributed by atoms with Gasteiger partial charge in [-0.3, -0.25) is 9.59 Å². The molecule has 1 aliphatic rings. The number of hydrogen-bond donors (Lipinski definition) is 2. The number of carbonyl (C=O) groups is 2. The summed E-state index contributed by atoms with van der Waals surface area (Å²) in [4.78, 5) is 24.1. The third-order valence-electron chi connectivity index (χ3n) is 3.67. The van der Waals surface area contributed by atoms with Crippen LogP contribution in [0.4, 0.5) is 5.69 Å². The molecule has 0 radical (unpaired) electrons. The molecule has 0 bridgehead atoms. The number of nitrogens with one attached hydrogen (secondary N) is 2. The highest BCUT2D eigenvalue weighted by Gasteiger charge is 2.47. The number of rotatable bonds is 5. The fraction of sp³-hybridized carbons (Fsp3) is 0.250. The number of carbonyl (C=O) groups excluding carboxylic acids is 2. The Balaban J connectivity index is 1.50. The van der Waals surface area contributed by atoms with E-state index >= 15 is 0 Å². The van der Waals surface area contributed by atoms with Crippen molar-refractivity contribution < 1.29 is 14.0 Å². The molecule has 2 atom stereocenters. The highest BCUT2D eigenvalue weighted by molar-refractivity contribution is 6.42. The van der Waals surface area contributed by atoms with Crippen LogP contribution in [0.1, 0.15) is 12.2 Å². The lowest BCUT2D eigenvalue weighted by Crippen LogP contribution is -2.26. The molecule has 2 amide bonds. The fourth-order valence-electron chi connectivity index (χ4n) is 2.30. The highest BCUT2D eigenvalue weighted by atomic mass is 35.5. The first-order valence-electron chi connectivity index (χ1n) is 7.10. The van der Waals surface area contributed by atoms with Gasteiger partial charge in [-0.15, -0.1) is 0 Å². The van der Waals surface area contributed by atoms with Crippen molar-refractivity contribution in [3.8, 4) is 0 Å². The lowest BCUT2D eigenvalue weighted by Gasteiger charge is -2.06. The van der Waals surface area contributed by atoms with Gasteiger partial charge < -0.3 is 15.1 Å². The van der Waals surface area contributed by atoms with Crippen LogP contribution in [0.5, 0.6) is 0 Å². The largest absolute Gasteiger partial charge is 0.467 e. The minimum absolute atomic E-state index is 0.143. The molecular weight excluding hydrogens is 339 g/mol. The molecule has 2 N–H and O–H groups in total. The van der Waals surface area contributed by atoms with Crippen molar-refractivity contribution in [2.75, 3.05) is 5.32 Å². The Labute approximate surface area is 142 Å². The zero-order valence-electron chi connectivity index (χ0n) is 12.0. The SMILES string of the molecule is O=C(NCc1ccco1)C1CC1C(=O)Nc1ccc(Cl)c(Cl)c1. The van der Waals surface area contributed by atoms with Crippen LogP contribution in [0.3, 0.4) is 0 Å². The minimum atomic E-state index is -0.318. The van der Waals surface area contributed by atoms with Gasteiger partial charge in [-0.2, -0.15) is 0 Å². The van der Waals surface area contributed by atoms with E-state index in [2.05, 4.69) is 10.6 Å². The number of furan rings is 1. The molecule has 2 unspecified atom stereocenters. The van der Waals surface area contributed by atoms with Crippen molar-refractivity contribution in [1.82, 2.24) is 5.32 Å². The summed E-state index contributed by atoms with van der Waals surface area (Å²) in [5.74, 6) is -0.276. The third kappa shape index (κ3) is 3.86. The molecule has 0 spiro atoms. The van der Waals surface area contributed by atoms with E-state index < -0.39 is 0 Å². The zero-order chi connectivity index (χ0) is 16.4. The lowest BCUT2D eigenvalue weighted by atomic mass is 10.2. The molecule has 1 fully saturated rings. The molecule has 1 aliphatic carbocycles. The molecule has 1 heterocycles. The van der Waals surface area contributed by atoms with Crippen LogP contribution in [0, 0.1) is 11.8 Å². The monoisotopic (exact) mass is 352 g/mol. The molecule has 2 aromatic rings. The van der Waals surface area contributed by atoms with E-state index in [1.54, 1.807) is 36.6 Å². The molecule has 7 heteroatoms. The predicted molar refractivity (Wildman–Crippen MR) is 87.2 cm³/mol. The van der Waals surface area contributed by atoms with Crippen LogP contribution in [0.2, 0.25) is 10.0 Å². The minimum Gasteiger partial charge on any atom is -0.467 e. The first kappa shape index (κ1) is 15.9. The van der Waals surface area contributed by atoms with E-state index in [0.717, 1.165) is 0 Å². The summed E-state index contributed by atoms with van der Waals surface area (Å²) in [6.45, 7) is 0.323. The molecule has 1 aromatic carbocycles.